The summed E-state index contributed by atoms with van der Waals surface area (Å²) in [5.41, 5.74) is 4.31. The summed E-state index contributed by atoms with van der Waals surface area (Å²) in [6.45, 7) is 4.60. The summed E-state index contributed by atoms with van der Waals surface area (Å²) < 4.78 is 10.7. The third kappa shape index (κ3) is 6.43. The second-order valence-electron chi connectivity index (χ2n) is 7.60. The van der Waals surface area contributed by atoms with Gasteiger partial charge in [0.2, 0.25) is 5.91 Å². The Morgan fingerprint density at radius 3 is 2.27 bits per heavy atom. The molecule has 0 saturated heterocycles. The zero-order valence-corrected chi connectivity index (χ0v) is 18.3. The number of carbonyl (C=O) groups excluding carboxylic acids is 2. The Kier molecular flexibility index (Phi) is 8.60. The molecule has 33 heavy (non-hydrogen) atoms. The van der Waals surface area contributed by atoms with Crippen molar-refractivity contribution < 1.29 is 29.0 Å². The van der Waals surface area contributed by atoms with Gasteiger partial charge in [-0.15, -0.1) is 6.58 Å². The second kappa shape index (κ2) is 11.8. The number of carbonyl (C=O) groups is 3. The van der Waals surface area contributed by atoms with E-state index in [-0.39, 0.29) is 25.7 Å². The third-order valence-electron chi connectivity index (χ3n) is 5.34. The van der Waals surface area contributed by atoms with Gasteiger partial charge in [0.25, 0.3) is 0 Å². The summed E-state index contributed by atoms with van der Waals surface area (Å²) in [5.74, 6) is -1.96. The van der Waals surface area contributed by atoms with Crippen molar-refractivity contribution in [3.63, 3.8) is 0 Å². The van der Waals surface area contributed by atoms with Gasteiger partial charge in [0.05, 0.1) is 19.6 Å². The van der Waals surface area contributed by atoms with E-state index >= 15 is 0 Å². The van der Waals surface area contributed by atoms with Gasteiger partial charge in [0, 0.05) is 12.5 Å². The molecule has 8 heteroatoms. The fraction of sp³-hybridized carbons (Fsp3) is 0.320. The molecule has 2 aromatic rings. The lowest BCUT2D eigenvalue weighted by molar-refractivity contribution is -0.139. The lowest BCUT2D eigenvalue weighted by atomic mass is 9.98. The van der Waals surface area contributed by atoms with Crippen molar-refractivity contribution in [3.8, 4) is 11.1 Å². The smallest absolute Gasteiger partial charge is 0.407 e. The monoisotopic (exact) mass is 452 g/mol. The first-order valence-corrected chi connectivity index (χ1v) is 10.8. The molecule has 1 unspecified atom stereocenters. The van der Waals surface area contributed by atoms with E-state index in [2.05, 4.69) is 17.2 Å². The molecule has 0 aromatic heterocycles. The molecule has 3 N–H and O–H groups in total. The Bertz CT molecular complexity index is 960. The quantitative estimate of drug-likeness (QED) is 0.337. The number of ether oxygens (including phenoxy) is 2. The molecular formula is C25H28N2O6. The van der Waals surface area contributed by atoms with E-state index < -0.39 is 30.4 Å². The number of rotatable bonds is 12. The number of alkyl carbamates (subject to hydrolysis) is 1. The van der Waals surface area contributed by atoms with E-state index in [0.717, 1.165) is 22.3 Å². The van der Waals surface area contributed by atoms with Gasteiger partial charge in [0.1, 0.15) is 12.6 Å². The Morgan fingerprint density at radius 2 is 1.67 bits per heavy atom. The molecule has 8 nitrogen and oxygen atoms in total. The summed E-state index contributed by atoms with van der Waals surface area (Å²) in [4.78, 5) is 36.0. The van der Waals surface area contributed by atoms with Gasteiger partial charge in [-0.3, -0.25) is 9.59 Å². The van der Waals surface area contributed by atoms with Crippen LogP contribution in [-0.4, -0.2) is 55.5 Å². The molecule has 0 radical (unpaired) electrons. The number of aliphatic carboxylic acids is 1. The fourth-order valence-electron chi connectivity index (χ4n) is 3.80. The molecule has 2 aromatic carbocycles. The van der Waals surface area contributed by atoms with Crippen LogP contribution in [0.15, 0.2) is 61.2 Å². The SMILES string of the molecule is C=CCCOCCNC(=O)C(CC(=O)O)NC(=O)OCC1c2ccccc2-c2ccccc21. The van der Waals surface area contributed by atoms with Gasteiger partial charge < -0.3 is 25.2 Å². The summed E-state index contributed by atoms with van der Waals surface area (Å²) in [6, 6.07) is 14.6. The van der Waals surface area contributed by atoms with Gasteiger partial charge in [-0.1, -0.05) is 54.6 Å². The zero-order chi connectivity index (χ0) is 23.6. The van der Waals surface area contributed by atoms with Crippen LogP contribution in [0.4, 0.5) is 4.79 Å². The van der Waals surface area contributed by atoms with Gasteiger partial charge in [-0.25, -0.2) is 4.79 Å². The van der Waals surface area contributed by atoms with Crippen LogP contribution >= 0.6 is 0 Å². The van der Waals surface area contributed by atoms with Crippen LogP contribution in [-0.2, 0) is 19.1 Å². The maximum Gasteiger partial charge on any atom is 0.407 e. The highest BCUT2D eigenvalue weighted by Crippen LogP contribution is 2.44. The highest BCUT2D eigenvalue weighted by Gasteiger charge is 2.30. The molecule has 3 rings (SSSR count). The normalized spacial score (nSPS) is 12.8. The molecule has 0 spiro atoms. The minimum absolute atomic E-state index is 0.0679. The molecule has 1 aliphatic carbocycles. The maximum atomic E-state index is 12.4. The summed E-state index contributed by atoms with van der Waals surface area (Å²) in [7, 11) is 0. The number of nitrogens with one attached hydrogen (secondary N) is 2. The first-order valence-electron chi connectivity index (χ1n) is 10.8. The van der Waals surface area contributed by atoms with Crippen LogP contribution in [0.5, 0.6) is 0 Å². The molecule has 0 heterocycles. The van der Waals surface area contributed by atoms with E-state index in [1.54, 1.807) is 6.08 Å². The highest BCUT2D eigenvalue weighted by molar-refractivity contribution is 5.89. The summed E-state index contributed by atoms with van der Waals surface area (Å²) in [5, 5.41) is 14.1. The van der Waals surface area contributed by atoms with Crippen molar-refractivity contribution in [3.05, 3.63) is 72.3 Å². The molecule has 0 bridgehead atoms. The number of amides is 2. The van der Waals surface area contributed by atoms with E-state index in [4.69, 9.17) is 14.6 Å². The van der Waals surface area contributed by atoms with E-state index in [1.807, 2.05) is 48.5 Å². The molecule has 2 amide bonds. The number of fused-ring (bicyclic) bond motifs is 3. The van der Waals surface area contributed by atoms with E-state index in [1.165, 1.54) is 0 Å². The molecule has 0 aliphatic heterocycles. The predicted molar refractivity (Wildman–Crippen MR) is 123 cm³/mol. The number of carboxylic acids is 1. The molecule has 0 fully saturated rings. The maximum absolute atomic E-state index is 12.4. The number of hydrogen-bond donors (Lipinski definition) is 3. The standard InChI is InChI=1S/C25H28N2O6/c1-2-3-13-32-14-12-26-24(30)22(15-23(28)29)27-25(31)33-16-21-19-10-6-4-8-17(19)18-9-5-7-11-20(18)21/h2,4-11,21-22H,1,3,12-16H2,(H,26,30)(H,27,31)(H,28,29). The van der Waals surface area contributed by atoms with Crippen LogP contribution in [0, 0.1) is 0 Å². The van der Waals surface area contributed by atoms with Gasteiger partial charge in [-0.05, 0) is 28.7 Å². The van der Waals surface area contributed by atoms with Gasteiger partial charge >= 0.3 is 12.1 Å². The first kappa shape index (κ1) is 24.0. The lowest BCUT2D eigenvalue weighted by Crippen LogP contribution is -2.48. The van der Waals surface area contributed by atoms with Gasteiger partial charge in [-0.2, -0.15) is 0 Å². The molecule has 1 atom stereocenters. The number of hydrogen-bond acceptors (Lipinski definition) is 5. The summed E-state index contributed by atoms with van der Waals surface area (Å²) in [6.07, 6.45) is 1.01. The van der Waals surface area contributed by atoms with Crippen LogP contribution in [0.1, 0.15) is 29.9 Å². The van der Waals surface area contributed by atoms with Crippen molar-refractivity contribution in [2.24, 2.45) is 0 Å². The fourth-order valence-corrected chi connectivity index (χ4v) is 3.80. The second-order valence-corrected chi connectivity index (χ2v) is 7.60. The van der Waals surface area contributed by atoms with E-state index in [0.29, 0.717) is 13.0 Å². The van der Waals surface area contributed by atoms with Crippen molar-refractivity contribution in [2.75, 3.05) is 26.4 Å². The topological polar surface area (TPSA) is 114 Å². The van der Waals surface area contributed by atoms with Crippen LogP contribution in [0.25, 0.3) is 11.1 Å². The van der Waals surface area contributed by atoms with Crippen molar-refractivity contribution >= 4 is 18.0 Å². The average molecular weight is 453 g/mol. The Labute approximate surface area is 192 Å². The van der Waals surface area contributed by atoms with Crippen LogP contribution in [0.2, 0.25) is 0 Å². The van der Waals surface area contributed by atoms with E-state index in [9.17, 15) is 14.4 Å². The zero-order valence-electron chi connectivity index (χ0n) is 18.3. The number of carboxylic acid groups (broad SMARTS) is 1. The Morgan fingerprint density at radius 1 is 1.03 bits per heavy atom. The first-order chi connectivity index (χ1) is 16.0. The minimum Gasteiger partial charge on any atom is -0.481 e. The van der Waals surface area contributed by atoms with Crippen molar-refractivity contribution in [1.29, 1.82) is 0 Å². The third-order valence-corrected chi connectivity index (χ3v) is 5.34. The average Bonchev–Trinajstić information content (AvgIpc) is 3.13. The number of benzene rings is 2. The molecule has 1 aliphatic rings. The minimum atomic E-state index is -1.26. The summed E-state index contributed by atoms with van der Waals surface area (Å²) >= 11 is 0. The predicted octanol–water partition coefficient (Wildman–Crippen LogP) is 3.08. The molecular weight excluding hydrogens is 424 g/mol. The van der Waals surface area contributed by atoms with Gasteiger partial charge in [0.15, 0.2) is 0 Å². The van der Waals surface area contributed by atoms with Crippen LogP contribution < -0.4 is 10.6 Å². The van der Waals surface area contributed by atoms with Crippen molar-refractivity contribution in [2.45, 2.75) is 24.8 Å². The molecule has 174 valence electrons. The Balaban J connectivity index is 1.56. The largest absolute Gasteiger partial charge is 0.481 e. The Hall–Kier alpha value is -3.65. The van der Waals surface area contributed by atoms with Crippen molar-refractivity contribution in [1.82, 2.24) is 10.6 Å². The lowest BCUT2D eigenvalue weighted by Gasteiger charge is -2.18. The van der Waals surface area contributed by atoms with Crippen LogP contribution in [0.3, 0.4) is 0 Å². The molecule has 0 saturated carbocycles. The highest BCUT2D eigenvalue weighted by atomic mass is 16.5.